The Morgan fingerprint density at radius 2 is 1.82 bits per heavy atom. The summed E-state index contributed by atoms with van der Waals surface area (Å²) in [6, 6.07) is 17.8. The van der Waals surface area contributed by atoms with Crippen LogP contribution in [0.15, 0.2) is 65.6 Å². The van der Waals surface area contributed by atoms with E-state index in [0.29, 0.717) is 30.6 Å². The van der Waals surface area contributed by atoms with Gasteiger partial charge in [-0.3, -0.25) is 9.69 Å². The molecule has 4 rings (SSSR count). The first kappa shape index (κ1) is 23.5. The zero-order chi connectivity index (χ0) is 23.0. The predicted molar refractivity (Wildman–Crippen MR) is 133 cm³/mol. The minimum absolute atomic E-state index is 0.0363. The quantitative estimate of drug-likeness (QED) is 0.427. The predicted octanol–water partition coefficient (Wildman–Crippen LogP) is 4.92. The van der Waals surface area contributed by atoms with Gasteiger partial charge in [-0.15, -0.1) is 11.3 Å². The molecule has 33 heavy (non-hydrogen) atoms. The van der Waals surface area contributed by atoms with E-state index in [1.165, 1.54) is 9.75 Å². The van der Waals surface area contributed by atoms with Crippen molar-refractivity contribution in [3.8, 4) is 5.75 Å². The maximum atomic E-state index is 12.5. The van der Waals surface area contributed by atoms with Gasteiger partial charge >= 0.3 is 0 Å². The molecule has 1 fully saturated rings. The minimum Gasteiger partial charge on any atom is -0.489 e. The standard InChI is InChI=1S/C27H32N2O3S/c1-21(30)17-22-9-13-28(14-10-22)19-26-8-7-25(33-26)12-16-29-15-11-24(18-27(29)31)32-20-23-5-3-2-4-6-23/h2-8,11,15,18,22H,9-10,12-14,16-17,19-20H2,1H3. The zero-order valence-electron chi connectivity index (χ0n) is 19.2. The summed E-state index contributed by atoms with van der Waals surface area (Å²) in [5.74, 6) is 1.47. The highest BCUT2D eigenvalue weighted by Gasteiger charge is 2.20. The van der Waals surface area contributed by atoms with E-state index < -0.39 is 0 Å². The van der Waals surface area contributed by atoms with E-state index in [1.54, 1.807) is 17.6 Å². The number of ether oxygens (including phenoxy) is 1. The number of ketones is 1. The summed E-state index contributed by atoms with van der Waals surface area (Å²) >= 11 is 1.84. The lowest BCUT2D eigenvalue weighted by atomic mass is 9.92. The molecule has 1 aromatic carbocycles. The van der Waals surface area contributed by atoms with Crippen LogP contribution < -0.4 is 10.3 Å². The number of benzene rings is 1. The van der Waals surface area contributed by atoms with Crippen molar-refractivity contribution >= 4 is 17.1 Å². The van der Waals surface area contributed by atoms with E-state index in [0.717, 1.165) is 50.9 Å². The van der Waals surface area contributed by atoms with Gasteiger partial charge in [-0.1, -0.05) is 30.3 Å². The minimum atomic E-state index is -0.0363. The van der Waals surface area contributed by atoms with Crippen molar-refractivity contribution in [2.24, 2.45) is 5.92 Å². The summed E-state index contributed by atoms with van der Waals surface area (Å²) in [5, 5.41) is 0. The third-order valence-electron chi connectivity index (χ3n) is 6.20. The second kappa shape index (κ2) is 11.4. The first-order valence-corrected chi connectivity index (χ1v) is 12.5. The molecule has 1 aliphatic heterocycles. The van der Waals surface area contributed by atoms with Crippen LogP contribution in [0.3, 0.4) is 0 Å². The number of hydrogen-bond donors (Lipinski definition) is 0. The van der Waals surface area contributed by atoms with Gasteiger partial charge in [0.05, 0.1) is 0 Å². The van der Waals surface area contributed by atoms with Crippen molar-refractivity contribution in [3.63, 3.8) is 0 Å². The van der Waals surface area contributed by atoms with Gasteiger partial charge in [0.2, 0.25) is 0 Å². The largest absolute Gasteiger partial charge is 0.489 e. The van der Waals surface area contributed by atoms with Crippen molar-refractivity contribution in [2.75, 3.05) is 13.1 Å². The summed E-state index contributed by atoms with van der Waals surface area (Å²) in [5.41, 5.74) is 1.04. The molecule has 0 radical (unpaired) electrons. The average Bonchev–Trinajstić information content (AvgIpc) is 3.26. The van der Waals surface area contributed by atoms with Crippen LogP contribution in [0.5, 0.6) is 5.75 Å². The van der Waals surface area contributed by atoms with Crippen LogP contribution in [0.4, 0.5) is 0 Å². The zero-order valence-corrected chi connectivity index (χ0v) is 20.1. The number of likely N-dealkylation sites (tertiary alicyclic amines) is 1. The van der Waals surface area contributed by atoms with Crippen LogP contribution in [0.1, 0.15) is 41.5 Å². The number of pyridine rings is 1. The van der Waals surface area contributed by atoms with Gasteiger partial charge in [-0.05, 0) is 69.0 Å². The Kier molecular flexibility index (Phi) is 8.13. The molecule has 5 nitrogen and oxygen atoms in total. The molecule has 0 saturated carbocycles. The number of Topliss-reactive ketones (excluding diaryl/α,β-unsaturated/α-hetero) is 1. The summed E-state index contributed by atoms with van der Waals surface area (Å²) in [6.45, 7) is 5.93. The lowest BCUT2D eigenvalue weighted by molar-refractivity contribution is -0.118. The van der Waals surface area contributed by atoms with Gasteiger partial charge in [-0.2, -0.15) is 0 Å². The molecule has 0 aliphatic carbocycles. The number of aromatic nitrogens is 1. The summed E-state index contributed by atoms with van der Waals surface area (Å²) < 4.78 is 7.50. The molecule has 2 aromatic heterocycles. The fourth-order valence-electron chi connectivity index (χ4n) is 4.35. The van der Waals surface area contributed by atoms with Crippen LogP contribution in [-0.2, 0) is 30.9 Å². The van der Waals surface area contributed by atoms with Crippen LogP contribution in [-0.4, -0.2) is 28.3 Å². The molecular formula is C27H32N2O3S. The smallest absolute Gasteiger partial charge is 0.254 e. The molecule has 0 bridgehead atoms. The number of piperidine rings is 1. The molecule has 0 atom stereocenters. The molecule has 3 aromatic rings. The van der Waals surface area contributed by atoms with Crippen LogP contribution in [0.2, 0.25) is 0 Å². The molecule has 3 heterocycles. The summed E-state index contributed by atoms with van der Waals surface area (Å²) in [7, 11) is 0. The fourth-order valence-corrected chi connectivity index (χ4v) is 5.40. The second-order valence-electron chi connectivity index (χ2n) is 8.91. The Balaban J connectivity index is 1.23. The highest BCUT2D eigenvalue weighted by atomic mass is 32.1. The maximum absolute atomic E-state index is 12.5. The lowest BCUT2D eigenvalue weighted by Crippen LogP contribution is -2.33. The van der Waals surface area contributed by atoms with Gasteiger partial charge in [0.25, 0.3) is 5.56 Å². The molecule has 0 unspecified atom stereocenters. The highest BCUT2D eigenvalue weighted by molar-refractivity contribution is 7.11. The normalized spacial score (nSPS) is 14.9. The van der Waals surface area contributed by atoms with Crippen LogP contribution >= 0.6 is 11.3 Å². The van der Waals surface area contributed by atoms with E-state index in [2.05, 4.69) is 17.0 Å². The Morgan fingerprint density at radius 3 is 2.55 bits per heavy atom. The van der Waals surface area contributed by atoms with Crippen LogP contribution in [0, 0.1) is 5.92 Å². The maximum Gasteiger partial charge on any atom is 0.254 e. The van der Waals surface area contributed by atoms with Crippen molar-refractivity contribution < 1.29 is 9.53 Å². The first-order chi connectivity index (χ1) is 16.0. The SMILES string of the molecule is CC(=O)CC1CCN(Cc2ccc(CCn3ccc(OCc4ccccc4)cc3=O)s2)CC1. The Hall–Kier alpha value is -2.70. The Bertz CT molecular complexity index is 1100. The van der Waals surface area contributed by atoms with E-state index in [1.807, 2.05) is 53.9 Å². The number of thiophene rings is 1. The summed E-state index contributed by atoms with van der Waals surface area (Å²) in [4.78, 5) is 29.0. The van der Waals surface area contributed by atoms with Crippen LogP contribution in [0.25, 0.3) is 0 Å². The third kappa shape index (κ3) is 7.14. The monoisotopic (exact) mass is 464 g/mol. The molecule has 6 heteroatoms. The van der Waals surface area contributed by atoms with Gasteiger partial charge in [-0.25, -0.2) is 0 Å². The molecule has 1 saturated heterocycles. The van der Waals surface area contributed by atoms with Crippen molar-refractivity contribution in [1.82, 2.24) is 9.47 Å². The number of nitrogens with zero attached hydrogens (tertiary/aromatic N) is 2. The van der Waals surface area contributed by atoms with E-state index in [4.69, 9.17) is 4.74 Å². The van der Waals surface area contributed by atoms with E-state index >= 15 is 0 Å². The van der Waals surface area contributed by atoms with Gasteiger partial charge < -0.3 is 14.1 Å². The van der Waals surface area contributed by atoms with Gasteiger partial charge in [0.15, 0.2) is 0 Å². The highest BCUT2D eigenvalue weighted by Crippen LogP contribution is 2.25. The third-order valence-corrected chi connectivity index (χ3v) is 7.32. The van der Waals surface area contributed by atoms with Crippen molar-refractivity contribution in [1.29, 1.82) is 0 Å². The molecular weight excluding hydrogens is 432 g/mol. The Morgan fingerprint density at radius 1 is 1.06 bits per heavy atom. The lowest BCUT2D eigenvalue weighted by Gasteiger charge is -2.31. The van der Waals surface area contributed by atoms with Crippen molar-refractivity contribution in [3.05, 3.63) is 86.5 Å². The average molecular weight is 465 g/mol. The topological polar surface area (TPSA) is 51.5 Å². The van der Waals surface area contributed by atoms with E-state index in [9.17, 15) is 9.59 Å². The van der Waals surface area contributed by atoms with E-state index in [-0.39, 0.29) is 5.56 Å². The number of carbonyl (C=O) groups is 1. The molecule has 0 N–H and O–H groups in total. The molecule has 174 valence electrons. The van der Waals surface area contributed by atoms with Gasteiger partial charge in [0, 0.05) is 41.5 Å². The fraction of sp³-hybridized carbons (Fsp3) is 0.407. The molecule has 0 spiro atoms. The molecule has 1 aliphatic rings. The number of hydrogen-bond acceptors (Lipinski definition) is 5. The Labute approximate surface area is 199 Å². The van der Waals surface area contributed by atoms with Crippen molar-refractivity contribution in [2.45, 2.75) is 52.3 Å². The van der Waals surface area contributed by atoms with Gasteiger partial charge in [0.1, 0.15) is 18.1 Å². The molecule has 0 amide bonds. The first-order valence-electron chi connectivity index (χ1n) is 11.7. The summed E-state index contributed by atoms with van der Waals surface area (Å²) in [6.07, 6.45) is 5.63. The number of carbonyl (C=O) groups excluding carboxylic acids is 1. The second-order valence-corrected chi connectivity index (χ2v) is 10.2. The number of rotatable bonds is 10. The number of aryl methyl sites for hydroxylation is 2.